The zero-order chi connectivity index (χ0) is 8.32. The molecule has 0 unspecified atom stereocenters. The summed E-state index contributed by atoms with van der Waals surface area (Å²) >= 11 is 0. The molecule has 0 aliphatic carbocycles. The second-order valence-electron chi connectivity index (χ2n) is 3.86. The van der Waals surface area contributed by atoms with E-state index in [1.807, 2.05) is 0 Å². The molecule has 0 spiro atoms. The summed E-state index contributed by atoms with van der Waals surface area (Å²) in [7, 11) is 2.19. The van der Waals surface area contributed by atoms with Gasteiger partial charge in [-0.1, -0.05) is 6.92 Å². The van der Waals surface area contributed by atoms with Gasteiger partial charge >= 0.3 is 0 Å². The smallest absolute Gasteiger partial charge is 0.00160 e. The number of hydrogen-bond donors (Lipinski definition) is 1. The topological polar surface area (TPSA) is 29.3 Å². The summed E-state index contributed by atoms with van der Waals surface area (Å²) in [5, 5.41) is 0. The van der Waals surface area contributed by atoms with Crippen LogP contribution in [0.1, 0.15) is 26.2 Å². The van der Waals surface area contributed by atoms with Crippen molar-refractivity contribution in [1.29, 1.82) is 0 Å². The Balaban J connectivity index is 2.45. The SMILES string of the molecule is CCC1(CN)CCN(C)CC1. The minimum absolute atomic E-state index is 0.479. The summed E-state index contributed by atoms with van der Waals surface area (Å²) in [6.45, 7) is 5.59. The fraction of sp³-hybridized carbons (Fsp3) is 1.00. The third-order valence-corrected chi connectivity index (χ3v) is 3.23. The Hall–Kier alpha value is -0.0800. The lowest BCUT2D eigenvalue weighted by atomic mass is 9.76. The van der Waals surface area contributed by atoms with Crippen molar-refractivity contribution in [3.05, 3.63) is 0 Å². The van der Waals surface area contributed by atoms with Crippen LogP contribution in [-0.2, 0) is 0 Å². The van der Waals surface area contributed by atoms with Gasteiger partial charge in [0.25, 0.3) is 0 Å². The lowest BCUT2D eigenvalue weighted by Gasteiger charge is -2.39. The van der Waals surface area contributed by atoms with Gasteiger partial charge < -0.3 is 10.6 Å². The van der Waals surface area contributed by atoms with Gasteiger partial charge in [-0.2, -0.15) is 0 Å². The molecule has 1 rings (SSSR count). The highest BCUT2D eigenvalue weighted by atomic mass is 15.1. The Morgan fingerprint density at radius 2 is 1.91 bits per heavy atom. The van der Waals surface area contributed by atoms with E-state index in [4.69, 9.17) is 5.73 Å². The van der Waals surface area contributed by atoms with E-state index in [1.165, 1.54) is 32.4 Å². The van der Waals surface area contributed by atoms with Gasteiger partial charge in [0.05, 0.1) is 0 Å². The average Bonchev–Trinajstić information content (AvgIpc) is 2.07. The van der Waals surface area contributed by atoms with Gasteiger partial charge in [0.15, 0.2) is 0 Å². The molecule has 0 aromatic carbocycles. The van der Waals surface area contributed by atoms with Gasteiger partial charge in [0.2, 0.25) is 0 Å². The van der Waals surface area contributed by atoms with Crippen molar-refractivity contribution in [3.8, 4) is 0 Å². The number of nitrogens with zero attached hydrogens (tertiary/aromatic N) is 1. The molecular weight excluding hydrogens is 136 g/mol. The first kappa shape index (κ1) is 9.01. The van der Waals surface area contributed by atoms with Gasteiger partial charge in [-0.05, 0) is 51.4 Å². The molecule has 1 aliphatic rings. The van der Waals surface area contributed by atoms with Crippen molar-refractivity contribution in [1.82, 2.24) is 4.90 Å². The minimum Gasteiger partial charge on any atom is -0.330 e. The molecule has 66 valence electrons. The second-order valence-corrected chi connectivity index (χ2v) is 3.86. The standard InChI is InChI=1S/C9H20N2/c1-3-9(8-10)4-6-11(2)7-5-9/h3-8,10H2,1-2H3. The maximum Gasteiger partial charge on any atom is -0.00160 e. The highest BCUT2D eigenvalue weighted by molar-refractivity contribution is 4.84. The van der Waals surface area contributed by atoms with Gasteiger partial charge in [-0.15, -0.1) is 0 Å². The molecule has 2 N–H and O–H groups in total. The van der Waals surface area contributed by atoms with Crippen LogP contribution in [0.4, 0.5) is 0 Å². The predicted molar refractivity (Wildman–Crippen MR) is 48.5 cm³/mol. The molecule has 0 saturated carbocycles. The normalized spacial score (nSPS) is 25.4. The lowest BCUT2D eigenvalue weighted by Crippen LogP contribution is -2.41. The van der Waals surface area contributed by atoms with E-state index in [1.54, 1.807) is 0 Å². The molecule has 0 atom stereocenters. The summed E-state index contributed by atoms with van der Waals surface area (Å²) in [6.07, 6.45) is 3.82. The maximum atomic E-state index is 5.78. The molecule has 2 nitrogen and oxygen atoms in total. The predicted octanol–water partition coefficient (Wildman–Crippen LogP) is 1.07. The molecule has 0 bridgehead atoms. The fourth-order valence-electron chi connectivity index (χ4n) is 1.79. The highest BCUT2D eigenvalue weighted by Gasteiger charge is 2.29. The van der Waals surface area contributed by atoms with Gasteiger partial charge in [0, 0.05) is 0 Å². The van der Waals surface area contributed by atoms with Crippen LogP contribution < -0.4 is 5.73 Å². The summed E-state index contributed by atoms with van der Waals surface area (Å²) in [6, 6.07) is 0. The van der Waals surface area contributed by atoms with Crippen LogP contribution in [-0.4, -0.2) is 31.6 Å². The molecule has 0 amide bonds. The third-order valence-electron chi connectivity index (χ3n) is 3.23. The number of piperidine rings is 1. The quantitative estimate of drug-likeness (QED) is 0.648. The van der Waals surface area contributed by atoms with Crippen molar-refractivity contribution in [3.63, 3.8) is 0 Å². The molecule has 1 heterocycles. The van der Waals surface area contributed by atoms with Crippen LogP contribution >= 0.6 is 0 Å². The average molecular weight is 156 g/mol. The Bertz CT molecular complexity index is 109. The number of rotatable bonds is 2. The second kappa shape index (κ2) is 3.55. The summed E-state index contributed by atoms with van der Waals surface area (Å²) in [5.74, 6) is 0. The van der Waals surface area contributed by atoms with Crippen LogP contribution in [0.2, 0.25) is 0 Å². The van der Waals surface area contributed by atoms with Crippen LogP contribution in [0.5, 0.6) is 0 Å². The van der Waals surface area contributed by atoms with Crippen molar-refractivity contribution in [2.24, 2.45) is 11.1 Å². The first-order valence-corrected chi connectivity index (χ1v) is 4.61. The largest absolute Gasteiger partial charge is 0.330 e. The molecule has 1 saturated heterocycles. The molecule has 2 heteroatoms. The van der Waals surface area contributed by atoms with Crippen LogP contribution in [0.25, 0.3) is 0 Å². The van der Waals surface area contributed by atoms with Gasteiger partial charge in [-0.25, -0.2) is 0 Å². The first-order chi connectivity index (χ1) is 5.22. The van der Waals surface area contributed by atoms with E-state index in [0.29, 0.717) is 5.41 Å². The number of likely N-dealkylation sites (tertiary alicyclic amines) is 1. The minimum atomic E-state index is 0.479. The molecular formula is C9H20N2. The van der Waals surface area contributed by atoms with E-state index in [-0.39, 0.29) is 0 Å². The van der Waals surface area contributed by atoms with E-state index < -0.39 is 0 Å². The van der Waals surface area contributed by atoms with Crippen LogP contribution in [0.3, 0.4) is 0 Å². The monoisotopic (exact) mass is 156 g/mol. The van der Waals surface area contributed by atoms with E-state index in [2.05, 4.69) is 18.9 Å². The van der Waals surface area contributed by atoms with E-state index in [0.717, 1.165) is 6.54 Å². The lowest BCUT2D eigenvalue weighted by molar-refractivity contribution is 0.125. The third kappa shape index (κ3) is 1.94. The summed E-state index contributed by atoms with van der Waals surface area (Å²) < 4.78 is 0. The molecule has 0 aromatic heterocycles. The van der Waals surface area contributed by atoms with Gasteiger partial charge in [-0.3, -0.25) is 0 Å². The summed E-state index contributed by atoms with van der Waals surface area (Å²) in [4.78, 5) is 2.39. The summed E-state index contributed by atoms with van der Waals surface area (Å²) in [5.41, 5.74) is 6.25. The Labute approximate surface area is 69.8 Å². The van der Waals surface area contributed by atoms with Crippen LogP contribution in [0, 0.1) is 5.41 Å². The molecule has 0 aromatic rings. The van der Waals surface area contributed by atoms with Crippen molar-refractivity contribution in [2.75, 3.05) is 26.7 Å². The van der Waals surface area contributed by atoms with Crippen molar-refractivity contribution < 1.29 is 0 Å². The Kier molecular flexibility index (Phi) is 2.90. The zero-order valence-electron chi connectivity index (χ0n) is 7.77. The molecule has 0 radical (unpaired) electrons. The number of hydrogen-bond acceptors (Lipinski definition) is 2. The maximum absolute atomic E-state index is 5.78. The zero-order valence-corrected chi connectivity index (χ0v) is 7.77. The molecule has 11 heavy (non-hydrogen) atoms. The van der Waals surface area contributed by atoms with Crippen LogP contribution in [0.15, 0.2) is 0 Å². The van der Waals surface area contributed by atoms with E-state index >= 15 is 0 Å². The highest BCUT2D eigenvalue weighted by Crippen LogP contribution is 2.32. The number of nitrogens with two attached hydrogens (primary N) is 1. The first-order valence-electron chi connectivity index (χ1n) is 4.61. The van der Waals surface area contributed by atoms with Crippen molar-refractivity contribution >= 4 is 0 Å². The fourth-order valence-corrected chi connectivity index (χ4v) is 1.79. The molecule has 1 fully saturated rings. The Morgan fingerprint density at radius 3 is 2.27 bits per heavy atom. The Morgan fingerprint density at radius 1 is 1.36 bits per heavy atom. The van der Waals surface area contributed by atoms with E-state index in [9.17, 15) is 0 Å². The van der Waals surface area contributed by atoms with Gasteiger partial charge in [0.1, 0.15) is 0 Å². The molecule has 1 aliphatic heterocycles. The van der Waals surface area contributed by atoms with Crippen molar-refractivity contribution in [2.45, 2.75) is 26.2 Å².